The lowest BCUT2D eigenvalue weighted by molar-refractivity contribution is 0.1000. The van der Waals surface area contributed by atoms with E-state index in [2.05, 4.69) is 15.0 Å². The first-order valence-corrected chi connectivity index (χ1v) is 4.30. The maximum Gasteiger partial charge on any atom is 0.252 e. The minimum atomic E-state index is -0.559. The Hall–Kier alpha value is -2.30. The molecule has 0 atom stereocenters. The number of pyridine rings is 1. The van der Waals surface area contributed by atoms with Crippen LogP contribution in [0.3, 0.4) is 0 Å². The number of primary amides is 1. The molecule has 0 aliphatic rings. The summed E-state index contributed by atoms with van der Waals surface area (Å²) in [5, 5.41) is 0. The lowest BCUT2D eigenvalue weighted by Crippen LogP contribution is -2.13. The molecular weight excluding hydrogens is 192 g/mol. The largest absolute Gasteiger partial charge is 0.365 e. The molecule has 0 radical (unpaired) electrons. The number of nitrogens with two attached hydrogens (primary N) is 1. The van der Waals surface area contributed by atoms with Crippen molar-refractivity contribution in [2.75, 3.05) is 0 Å². The number of hydrogen-bond donors (Lipinski definition) is 1. The van der Waals surface area contributed by atoms with Crippen LogP contribution in [0.4, 0.5) is 0 Å². The van der Waals surface area contributed by atoms with E-state index < -0.39 is 5.91 Å². The molecule has 0 saturated carbocycles. The zero-order valence-electron chi connectivity index (χ0n) is 7.79. The zero-order chi connectivity index (χ0) is 10.7. The smallest absolute Gasteiger partial charge is 0.252 e. The van der Waals surface area contributed by atoms with Gasteiger partial charge in [0.15, 0.2) is 0 Å². The van der Waals surface area contributed by atoms with Crippen LogP contribution in [0.25, 0.3) is 11.4 Å². The van der Waals surface area contributed by atoms with Gasteiger partial charge >= 0.3 is 0 Å². The Labute approximate surface area is 86.0 Å². The van der Waals surface area contributed by atoms with Crippen molar-refractivity contribution < 1.29 is 4.79 Å². The van der Waals surface area contributed by atoms with Crippen molar-refractivity contribution in [3.63, 3.8) is 0 Å². The number of carbonyl (C=O) groups excluding carboxylic acids is 1. The molecule has 2 N–H and O–H groups in total. The Morgan fingerprint density at radius 3 is 2.80 bits per heavy atom. The van der Waals surface area contributed by atoms with E-state index in [0.717, 1.165) is 0 Å². The molecule has 0 aliphatic carbocycles. The summed E-state index contributed by atoms with van der Waals surface area (Å²) in [6.07, 6.45) is 4.37. The monoisotopic (exact) mass is 200 g/mol. The summed E-state index contributed by atoms with van der Waals surface area (Å²) in [6, 6.07) is 5.36. The molecule has 2 aromatic heterocycles. The molecule has 2 aromatic rings. The molecular formula is C10H8N4O. The molecule has 0 aromatic carbocycles. The summed E-state index contributed by atoms with van der Waals surface area (Å²) in [7, 11) is 0. The van der Waals surface area contributed by atoms with Crippen LogP contribution in [0.15, 0.2) is 36.9 Å². The molecule has 2 heterocycles. The van der Waals surface area contributed by atoms with Gasteiger partial charge in [-0.15, -0.1) is 0 Å². The molecule has 15 heavy (non-hydrogen) atoms. The van der Waals surface area contributed by atoms with E-state index in [1.54, 1.807) is 18.3 Å². The first-order valence-electron chi connectivity index (χ1n) is 4.30. The van der Waals surface area contributed by atoms with Crippen molar-refractivity contribution in [3.8, 4) is 11.4 Å². The third kappa shape index (κ3) is 1.80. The average Bonchev–Trinajstić information content (AvgIpc) is 2.30. The Morgan fingerprint density at radius 2 is 2.13 bits per heavy atom. The molecule has 0 spiro atoms. The van der Waals surface area contributed by atoms with Crippen LogP contribution in [0, 0.1) is 0 Å². The fraction of sp³-hybridized carbons (Fsp3) is 0. The van der Waals surface area contributed by atoms with E-state index in [1.807, 2.05) is 6.07 Å². The van der Waals surface area contributed by atoms with Crippen molar-refractivity contribution in [2.45, 2.75) is 0 Å². The quantitative estimate of drug-likeness (QED) is 0.771. The van der Waals surface area contributed by atoms with E-state index in [9.17, 15) is 4.79 Å². The van der Waals surface area contributed by atoms with Crippen molar-refractivity contribution in [3.05, 3.63) is 42.5 Å². The van der Waals surface area contributed by atoms with Gasteiger partial charge in [-0.3, -0.25) is 9.78 Å². The number of rotatable bonds is 2. The minimum Gasteiger partial charge on any atom is -0.365 e. The Kier molecular flexibility index (Phi) is 2.37. The lowest BCUT2D eigenvalue weighted by Gasteiger charge is -2.02. The molecule has 0 fully saturated rings. The first-order chi connectivity index (χ1) is 7.29. The van der Waals surface area contributed by atoms with Gasteiger partial charge in [-0.05, 0) is 12.1 Å². The van der Waals surface area contributed by atoms with Crippen molar-refractivity contribution in [1.82, 2.24) is 15.0 Å². The highest BCUT2D eigenvalue weighted by atomic mass is 16.1. The van der Waals surface area contributed by atoms with Crippen molar-refractivity contribution in [2.24, 2.45) is 5.73 Å². The van der Waals surface area contributed by atoms with Crippen LogP contribution in [0.2, 0.25) is 0 Å². The van der Waals surface area contributed by atoms with Crippen LogP contribution in [0.1, 0.15) is 10.4 Å². The number of amides is 1. The van der Waals surface area contributed by atoms with Gasteiger partial charge < -0.3 is 5.73 Å². The fourth-order valence-electron chi connectivity index (χ4n) is 1.22. The predicted molar refractivity (Wildman–Crippen MR) is 53.8 cm³/mol. The second kappa shape index (κ2) is 3.83. The van der Waals surface area contributed by atoms with Crippen LogP contribution in [-0.4, -0.2) is 20.9 Å². The fourth-order valence-corrected chi connectivity index (χ4v) is 1.22. The summed E-state index contributed by atoms with van der Waals surface area (Å²) >= 11 is 0. The van der Waals surface area contributed by atoms with Gasteiger partial charge in [0.25, 0.3) is 5.91 Å². The molecule has 74 valence electrons. The van der Waals surface area contributed by atoms with E-state index in [1.165, 1.54) is 12.5 Å². The third-order valence-corrected chi connectivity index (χ3v) is 1.89. The molecule has 0 bridgehead atoms. The molecule has 1 amide bonds. The Bertz CT molecular complexity index is 484. The first kappa shape index (κ1) is 9.26. The molecule has 0 saturated heterocycles. The second-order valence-corrected chi connectivity index (χ2v) is 2.86. The minimum absolute atomic E-state index is 0.274. The van der Waals surface area contributed by atoms with Crippen LogP contribution in [-0.2, 0) is 0 Å². The van der Waals surface area contributed by atoms with E-state index in [4.69, 9.17) is 5.73 Å². The number of hydrogen-bond acceptors (Lipinski definition) is 4. The van der Waals surface area contributed by atoms with Crippen molar-refractivity contribution >= 4 is 5.91 Å². The zero-order valence-corrected chi connectivity index (χ0v) is 7.79. The van der Waals surface area contributed by atoms with E-state index in [-0.39, 0.29) is 5.56 Å². The molecule has 5 nitrogen and oxygen atoms in total. The maximum absolute atomic E-state index is 11.1. The highest BCUT2D eigenvalue weighted by Crippen LogP contribution is 2.16. The highest BCUT2D eigenvalue weighted by molar-refractivity contribution is 5.97. The second-order valence-electron chi connectivity index (χ2n) is 2.86. The molecule has 2 rings (SSSR count). The lowest BCUT2D eigenvalue weighted by atomic mass is 10.1. The van der Waals surface area contributed by atoms with Gasteiger partial charge in [0.2, 0.25) is 0 Å². The Morgan fingerprint density at radius 1 is 1.27 bits per heavy atom. The average molecular weight is 200 g/mol. The topological polar surface area (TPSA) is 81.8 Å². The summed E-state index contributed by atoms with van der Waals surface area (Å²) in [6.45, 7) is 0. The van der Waals surface area contributed by atoms with E-state index >= 15 is 0 Å². The summed E-state index contributed by atoms with van der Waals surface area (Å²) in [5.41, 5.74) is 6.54. The molecule has 0 unspecified atom stereocenters. The van der Waals surface area contributed by atoms with Gasteiger partial charge in [0.1, 0.15) is 12.0 Å². The summed E-state index contributed by atoms with van der Waals surface area (Å²) in [4.78, 5) is 23.0. The van der Waals surface area contributed by atoms with Gasteiger partial charge in [-0.1, -0.05) is 6.07 Å². The van der Waals surface area contributed by atoms with Crippen LogP contribution in [0.5, 0.6) is 0 Å². The van der Waals surface area contributed by atoms with E-state index in [0.29, 0.717) is 11.4 Å². The van der Waals surface area contributed by atoms with Gasteiger partial charge in [-0.25, -0.2) is 9.97 Å². The number of aromatic nitrogens is 3. The third-order valence-electron chi connectivity index (χ3n) is 1.89. The highest BCUT2D eigenvalue weighted by Gasteiger charge is 2.11. The maximum atomic E-state index is 11.1. The van der Waals surface area contributed by atoms with Gasteiger partial charge in [0, 0.05) is 12.4 Å². The molecule has 5 heteroatoms. The Balaban J connectivity index is 2.58. The molecule has 0 aliphatic heterocycles. The van der Waals surface area contributed by atoms with Crippen LogP contribution < -0.4 is 5.73 Å². The number of nitrogens with zero attached hydrogens (tertiary/aromatic N) is 3. The standard InChI is InChI=1S/C10H8N4O/c11-10(15)7-5-12-6-14-9(7)8-3-1-2-4-13-8/h1-6H,(H2,11,15). The van der Waals surface area contributed by atoms with Crippen LogP contribution >= 0.6 is 0 Å². The normalized spacial score (nSPS) is 9.87. The van der Waals surface area contributed by atoms with Gasteiger partial charge in [0.05, 0.1) is 11.3 Å². The van der Waals surface area contributed by atoms with Crippen molar-refractivity contribution in [1.29, 1.82) is 0 Å². The number of carbonyl (C=O) groups is 1. The summed E-state index contributed by atoms with van der Waals surface area (Å²) < 4.78 is 0. The summed E-state index contributed by atoms with van der Waals surface area (Å²) in [5.74, 6) is -0.559. The SMILES string of the molecule is NC(=O)c1cncnc1-c1ccccn1. The predicted octanol–water partition coefficient (Wildman–Crippen LogP) is 0.637. The van der Waals surface area contributed by atoms with Gasteiger partial charge in [-0.2, -0.15) is 0 Å².